The highest BCUT2D eigenvalue weighted by Crippen LogP contribution is 2.33. The van der Waals surface area contributed by atoms with Crippen molar-refractivity contribution in [3.05, 3.63) is 21.9 Å². The molecule has 1 nitrogen and oxygen atoms in total. The van der Waals surface area contributed by atoms with Crippen molar-refractivity contribution in [2.75, 3.05) is 0 Å². The molecule has 2 rings (SSSR count). The summed E-state index contributed by atoms with van der Waals surface area (Å²) in [5.74, 6) is 0.749. The third-order valence-corrected chi connectivity index (χ3v) is 4.86. The van der Waals surface area contributed by atoms with Crippen LogP contribution in [0.4, 0.5) is 0 Å². The van der Waals surface area contributed by atoms with Crippen LogP contribution in [0.5, 0.6) is 0 Å². The molecule has 1 saturated carbocycles. The molecule has 0 spiro atoms. The fraction of sp³-hybridized carbons (Fsp3) is 0.714. The molecule has 1 fully saturated rings. The minimum Gasteiger partial charge on any atom is -0.388 e. The SMILES string of the molecule is Cc1ccsc1C(O)CC1CCCCCC1. The third kappa shape index (κ3) is 3.08. The monoisotopic (exact) mass is 238 g/mol. The van der Waals surface area contributed by atoms with Gasteiger partial charge in [-0.25, -0.2) is 0 Å². The molecule has 1 heterocycles. The summed E-state index contributed by atoms with van der Waals surface area (Å²) < 4.78 is 0. The highest BCUT2D eigenvalue weighted by atomic mass is 32.1. The Bertz CT molecular complexity index is 310. The molecule has 1 aliphatic carbocycles. The Morgan fingerprint density at radius 1 is 1.31 bits per heavy atom. The molecule has 1 aromatic rings. The predicted molar refractivity (Wildman–Crippen MR) is 69.8 cm³/mol. The maximum Gasteiger partial charge on any atom is 0.0887 e. The van der Waals surface area contributed by atoms with Crippen molar-refractivity contribution < 1.29 is 5.11 Å². The van der Waals surface area contributed by atoms with Crippen LogP contribution in [0.25, 0.3) is 0 Å². The molecule has 1 aromatic heterocycles. The van der Waals surface area contributed by atoms with Gasteiger partial charge in [0.2, 0.25) is 0 Å². The first kappa shape index (κ1) is 12.1. The fourth-order valence-electron chi connectivity index (χ4n) is 2.75. The van der Waals surface area contributed by atoms with Crippen LogP contribution >= 0.6 is 11.3 Å². The number of aliphatic hydroxyl groups excluding tert-OH is 1. The zero-order valence-electron chi connectivity index (χ0n) is 10.1. The fourth-order valence-corrected chi connectivity index (χ4v) is 3.67. The van der Waals surface area contributed by atoms with Crippen LogP contribution in [0.2, 0.25) is 0 Å². The van der Waals surface area contributed by atoms with E-state index in [1.54, 1.807) is 11.3 Å². The van der Waals surface area contributed by atoms with Gasteiger partial charge < -0.3 is 5.11 Å². The van der Waals surface area contributed by atoms with E-state index < -0.39 is 0 Å². The van der Waals surface area contributed by atoms with Crippen LogP contribution in [0, 0.1) is 12.8 Å². The second kappa shape index (κ2) is 5.83. The Hall–Kier alpha value is -0.340. The number of thiophene rings is 1. The lowest BCUT2D eigenvalue weighted by molar-refractivity contribution is 0.142. The maximum absolute atomic E-state index is 10.2. The Labute approximate surface area is 103 Å². The Morgan fingerprint density at radius 3 is 2.56 bits per heavy atom. The first-order valence-electron chi connectivity index (χ1n) is 6.49. The number of rotatable bonds is 3. The molecule has 1 atom stereocenters. The summed E-state index contributed by atoms with van der Waals surface area (Å²) >= 11 is 1.70. The second-order valence-electron chi connectivity index (χ2n) is 5.08. The molecule has 0 saturated heterocycles. The van der Waals surface area contributed by atoms with Crippen molar-refractivity contribution in [1.29, 1.82) is 0 Å². The lowest BCUT2D eigenvalue weighted by Crippen LogP contribution is -2.06. The summed E-state index contributed by atoms with van der Waals surface area (Å²) in [6.45, 7) is 2.10. The largest absolute Gasteiger partial charge is 0.388 e. The van der Waals surface area contributed by atoms with E-state index in [0.717, 1.165) is 12.3 Å². The summed E-state index contributed by atoms with van der Waals surface area (Å²) in [7, 11) is 0. The number of hydrogen-bond donors (Lipinski definition) is 1. The van der Waals surface area contributed by atoms with Gasteiger partial charge >= 0.3 is 0 Å². The van der Waals surface area contributed by atoms with Gasteiger partial charge in [0, 0.05) is 4.88 Å². The molecule has 0 radical (unpaired) electrons. The Balaban J connectivity index is 1.91. The first-order valence-corrected chi connectivity index (χ1v) is 7.37. The van der Waals surface area contributed by atoms with Gasteiger partial charge in [0.15, 0.2) is 0 Å². The van der Waals surface area contributed by atoms with Crippen LogP contribution < -0.4 is 0 Å². The lowest BCUT2D eigenvalue weighted by Gasteiger charge is -2.18. The lowest BCUT2D eigenvalue weighted by atomic mass is 9.93. The average molecular weight is 238 g/mol. The minimum atomic E-state index is -0.219. The van der Waals surface area contributed by atoms with Gasteiger partial charge in [-0.15, -0.1) is 11.3 Å². The van der Waals surface area contributed by atoms with Gasteiger partial charge in [-0.05, 0) is 36.3 Å². The summed E-state index contributed by atoms with van der Waals surface area (Å²) in [6, 6.07) is 2.11. The third-order valence-electron chi connectivity index (χ3n) is 3.74. The zero-order chi connectivity index (χ0) is 11.4. The molecule has 1 aliphatic rings. The molecule has 90 valence electrons. The van der Waals surface area contributed by atoms with Crippen LogP contribution in [-0.2, 0) is 0 Å². The van der Waals surface area contributed by atoms with E-state index in [1.165, 1.54) is 49.0 Å². The quantitative estimate of drug-likeness (QED) is 0.771. The summed E-state index contributed by atoms with van der Waals surface area (Å²) in [4.78, 5) is 1.18. The first-order chi connectivity index (χ1) is 7.77. The summed E-state index contributed by atoms with van der Waals surface area (Å²) in [5.41, 5.74) is 1.26. The van der Waals surface area contributed by atoms with Gasteiger partial charge in [0.1, 0.15) is 0 Å². The van der Waals surface area contributed by atoms with Crippen LogP contribution in [0.15, 0.2) is 11.4 Å². The smallest absolute Gasteiger partial charge is 0.0887 e. The molecular weight excluding hydrogens is 216 g/mol. The van der Waals surface area contributed by atoms with Gasteiger partial charge in [-0.3, -0.25) is 0 Å². The van der Waals surface area contributed by atoms with Crippen LogP contribution in [0.3, 0.4) is 0 Å². The predicted octanol–water partition coefficient (Wildman–Crippen LogP) is 4.45. The number of hydrogen-bond acceptors (Lipinski definition) is 2. The molecule has 0 aliphatic heterocycles. The Kier molecular flexibility index (Phi) is 4.42. The van der Waals surface area contributed by atoms with Crippen LogP contribution in [0.1, 0.15) is 61.5 Å². The highest BCUT2D eigenvalue weighted by molar-refractivity contribution is 7.10. The zero-order valence-corrected chi connectivity index (χ0v) is 10.9. The van der Waals surface area contributed by atoms with Crippen molar-refractivity contribution in [2.24, 2.45) is 5.92 Å². The maximum atomic E-state index is 10.2. The molecule has 0 bridgehead atoms. The molecular formula is C14H22OS. The summed E-state index contributed by atoms with van der Waals surface area (Å²) in [5, 5.41) is 12.3. The minimum absolute atomic E-state index is 0.219. The van der Waals surface area contributed by atoms with Gasteiger partial charge in [0.05, 0.1) is 6.10 Å². The number of aryl methyl sites for hydroxylation is 1. The highest BCUT2D eigenvalue weighted by Gasteiger charge is 2.19. The van der Waals surface area contributed by atoms with E-state index in [-0.39, 0.29) is 6.10 Å². The molecule has 1 N–H and O–H groups in total. The van der Waals surface area contributed by atoms with E-state index in [0.29, 0.717) is 0 Å². The second-order valence-corrected chi connectivity index (χ2v) is 6.02. The van der Waals surface area contributed by atoms with Gasteiger partial charge in [-0.2, -0.15) is 0 Å². The van der Waals surface area contributed by atoms with E-state index in [9.17, 15) is 5.11 Å². The molecule has 16 heavy (non-hydrogen) atoms. The van der Waals surface area contributed by atoms with Crippen LogP contribution in [-0.4, -0.2) is 5.11 Å². The molecule has 1 unspecified atom stereocenters. The Morgan fingerprint density at radius 2 is 2.00 bits per heavy atom. The van der Waals surface area contributed by atoms with Crippen molar-refractivity contribution in [1.82, 2.24) is 0 Å². The van der Waals surface area contributed by atoms with Crippen molar-refractivity contribution >= 4 is 11.3 Å². The van der Waals surface area contributed by atoms with Gasteiger partial charge in [-0.1, -0.05) is 38.5 Å². The average Bonchev–Trinajstić information content (AvgIpc) is 2.53. The molecule has 0 amide bonds. The molecule has 2 heteroatoms. The van der Waals surface area contributed by atoms with Crippen molar-refractivity contribution in [3.63, 3.8) is 0 Å². The normalized spacial score (nSPS) is 20.6. The van der Waals surface area contributed by atoms with E-state index in [2.05, 4.69) is 18.4 Å². The van der Waals surface area contributed by atoms with Gasteiger partial charge in [0.25, 0.3) is 0 Å². The van der Waals surface area contributed by atoms with E-state index in [1.807, 2.05) is 0 Å². The van der Waals surface area contributed by atoms with Crippen molar-refractivity contribution in [3.8, 4) is 0 Å². The number of aliphatic hydroxyl groups is 1. The van der Waals surface area contributed by atoms with E-state index >= 15 is 0 Å². The van der Waals surface area contributed by atoms with Crippen molar-refractivity contribution in [2.45, 2.75) is 58.0 Å². The summed E-state index contributed by atoms with van der Waals surface area (Å²) in [6.07, 6.45) is 8.91. The molecule has 0 aromatic carbocycles. The topological polar surface area (TPSA) is 20.2 Å². The van der Waals surface area contributed by atoms with E-state index in [4.69, 9.17) is 0 Å². The standard InChI is InChI=1S/C14H22OS/c1-11-8-9-16-14(11)13(15)10-12-6-4-2-3-5-7-12/h8-9,12-13,15H,2-7,10H2,1H3.